The molecule has 114 valence electrons. The smallest absolute Gasteiger partial charge is 0.0482 e. The Morgan fingerprint density at radius 3 is 2.43 bits per heavy atom. The number of aromatic nitrogens is 1. The van der Waals surface area contributed by atoms with Crippen LogP contribution in [0.15, 0.2) is 24.3 Å². The summed E-state index contributed by atoms with van der Waals surface area (Å²) in [4.78, 5) is 0. The van der Waals surface area contributed by atoms with Crippen LogP contribution in [0.1, 0.15) is 64.1 Å². The molecule has 1 heteroatoms. The van der Waals surface area contributed by atoms with Gasteiger partial charge in [-0.1, -0.05) is 39.0 Å². The van der Waals surface area contributed by atoms with E-state index in [-0.39, 0.29) is 0 Å². The second kappa shape index (κ2) is 5.51. The van der Waals surface area contributed by atoms with Gasteiger partial charge in [-0.3, -0.25) is 0 Å². The van der Waals surface area contributed by atoms with Gasteiger partial charge in [0.05, 0.1) is 0 Å². The van der Waals surface area contributed by atoms with E-state index in [9.17, 15) is 0 Å². The summed E-state index contributed by atoms with van der Waals surface area (Å²) in [5.74, 6) is 0.935. The van der Waals surface area contributed by atoms with Gasteiger partial charge in [-0.25, -0.2) is 0 Å². The fourth-order valence-electron chi connectivity index (χ4n) is 4.68. The Hall–Kier alpha value is -1.24. The lowest BCUT2D eigenvalue weighted by atomic mass is 9.69. The molecule has 0 bridgehead atoms. The fraction of sp³-hybridized carbons (Fsp3) is 0.600. The molecule has 2 aromatic rings. The number of rotatable bonds is 0. The SMILES string of the molecule is CC.CC1CCC2(CCc3c2n(C)c2ccccc32)CC1. The lowest BCUT2D eigenvalue weighted by Gasteiger charge is -2.37. The first-order valence-electron chi connectivity index (χ1n) is 8.78. The zero-order valence-corrected chi connectivity index (χ0v) is 14.1. The van der Waals surface area contributed by atoms with Crippen molar-refractivity contribution >= 4 is 10.9 Å². The maximum Gasteiger partial charge on any atom is 0.0482 e. The molecule has 1 spiro atoms. The Morgan fingerprint density at radius 2 is 1.71 bits per heavy atom. The topological polar surface area (TPSA) is 4.93 Å². The summed E-state index contributed by atoms with van der Waals surface area (Å²) in [5.41, 5.74) is 5.29. The molecule has 1 heterocycles. The Kier molecular flexibility index (Phi) is 3.86. The Morgan fingerprint density at radius 1 is 1.05 bits per heavy atom. The van der Waals surface area contributed by atoms with Crippen LogP contribution in [-0.4, -0.2) is 4.57 Å². The van der Waals surface area contributed by atoms with Crippen molar-refractivity contribution in [2.24, 2.45) is 13.0 Å². The fourth-order valence-corrected chi connectivity index (χ4v) is 4.68. The number of aryl methyl sites for hydroxylation is 2. The molecule has 0 aliphatic heterocycles. The van der Waals surface area contributed by atoms with E-state index in [1.165, 1.54) is 49.4 Å². The molecule has 0 atom stereocenters. The highest BCUT2D eigenvalue weighted by Crippen LogP contribution is 2.52. The molecule has 0 amide bonds. The minimum absolute atomic E-state index is 0.510. The van der Waals surface area contributed by atoms with Crippen LogP contribution in [0.25, 0.3) is 10.9 Å². The highest BCUT2D eigenvalue weighted by Gasteiger charge is 2.43. The van der Waals surface area contributed by atoms with Crippen molar-refractivity contribution in [3.05, 3.63) is 35.5 Å². The van der Waals surface area contributed by atoms with Crippen molar-refractivity contribution in [1.82, 2.24) is 4.57 Å². The van der Waals surface area contributed by atoms with Gasteiger partial charge in [0.15, 0.2) is 0 Å². The van der Waals surface area contributed by atoms with Crippen LogP contribution in [0.5, 0.6) is 0 Å². The van der Waals surface area contributed by atoms with Crippen molar-refractivity contribution in [2.45, 2.75) is 64.7 Å². The molecule has 1 fully saturated rings. The van der Waals surface area contributed by atoms with E-state index < -0.39 is 0 Å². The third-order valence-corrected chi connectivity index (χ3v) is 5.80. The zero-order chi connectivity index (χ0) is 15.0. The van der Waals surface area contributed by atoms with Crippen molar-refractivity contribution in [3.63, 3.8) is 0 Å². The molecule has 21 heavy (non-hydrogen) atoms. The van der Waals surface area contributed by atoms with Gasteiger partial charge in [-0.05, 0) is 56.1 Å². The zero-order valence-electron chi connectivity index (χ0n) is 14.1. The van der Waals surface area contributed by atoms with Crippen LogP contribution in [0.2, 0.25) is 0 Å². The van der Waals surface area contributed by atoms with Crippen LogP contribution in [0.4, 0.5) is 0 Å². The quantitative estimate of drug-likeness (QED) is 0.593. The number of nitrogens with zero attached hydrogens (tertiary/aromatic N) is 1. The van der Waals surface area contributed by atoms with Gasteiger partial charge in [-0.2, -0.15) is 0 Å². The first kappa shape index (κ1) is 14.7. The molecule has 1 aromatic heterocycles. The van der Waals surface area contributed by atoms with E-state index >= 15 is 0 Å². The van der Waals surface area contributed by atoms with Gasteiger partial charge < -0.3 is 4.57 Å². The van der Waals surface area contributed by atoms with E-state index in [4.69, 9.17) is 0 Å². The maximum atomic E-state index is 2.51. The van der Waals surface area contributed by atoms with Gasteiger partial charge in [0.25, 0.3) is 0 Å². The summed E-state index contributed by atoms with van der Waals surface area (Å²) >= 11 is 0. The van der Waals surface area contributed by atoms with E-state index in [1.54, 1.807) is 11.3 Å². The Bertz CT molecular complexity index is 627. The molecule has 2 aliphatic rings. The van der Waals surface area contributed by atoms with Gasteiger partial charge in [0.2, 0.25) is 0 Å². The molecule has 0 N–H and O–H groups in total. The van der Waals surface area contributed by atoms with Gasteiger partial charge >= 0.3 is 0 Å². The number of hydrogen-bond acceptors (Lipinski definition) is 0. The van der Waals surface area contributed by atoms with Crippen LogP contribution in [0, 0.1) is 5.92 Å². The van der Waals surface area contributed by atoms with Crippen LogP contribution < -0.4 is 0 Å². The first-order chi connectivity index (χ1) is 10.2. The van der Waals surface area contributed by atoms with Crippen LogP contribution in [0.3, 0.4) is 0 Å². The number of fused-ring (bicyclic) bond motifs is 4. The highest BCUT2D eigenvalue weighted by molar-refractivity contribution is 5.86. The summed E-state index contributed by atoms with van der Waals surface area (Å²) in [5, 5.41) is 1.51. The predicted octanol–water partition coefficient (Wildman–Crippen LogP) is 5.60. The summed E-state index contributed by atoms with van der Waals surface area (Å²) < 4.78 is 2.51. The van der Waals surface area contributed by atoms with Gasteiger partial charge in [0.1, 0.15) is 0 Å². The second-order valence-corrected chi connectivity index (χ2v) is 6.87. The molecule has 0 saturated heterocycles. The summed E-state index contributed by atoms with van der Waals surface area (Å²) in [7, 11) is 2.28. The van der Waals surface area contributed by atoms with Crippen LogP contribution in [-0.2, 0) is 18.9 Å². The van der Waals surface area contributed by atoms with Crippen molar-refractivity contribution in [1.29, 1.82) is 0 Å². The molecule has 1 nitrogen and oxygen atoms in total. The average Bonchev–Trinajstić information content (AvgIpc) is 3.04. The molecule has 2 aliphatic carbocycles. The number of benzene rings is 1. The third-order valence-electron chi connectivity index (χ3n) is 5.80. The largest absolute Gasteiger partial charge is 0.347 e. The van der Waals surface area contributed by atoms with Crippen molar-refractivity contribution < 1.29 is 0 Å². The summed E-state index contributed by atoms with van der Waals surface area (Å²) in [6.07, 6.45) is 8.34. The molecular formula is C20H29N. The van der Waals surface area contributed by atoms with Crippen LogP contribution >= 0.6 is 0 Å². The van der Waals surface area contributed by atoms with E-state index in [0.717, 1.165) is 5.92 Å². The van der Waals surface area contributed by atoms with Gasteiger partial charge in [-0.15, -0.1) is 0 Å². The minimum atomic E-state index is 0.510. The van der Waals surface area contributed by atoms with Crippen molar-refractivity contribution in [2.75, 3.05) is 0 Å². The van der Waals surface area contributed by atoms with Gasteiger partial charge in [0, 0.05) is 29.1 Å². The minimum Gasteiger partial charge on any atom is -0.347 e. The Labute approximate surface area is 129 Å². The second-order valence-electron chi connectivity index (χ2n) is 6.87. The first-order valence-corrected chi connectivity index (χ1v) is 8.78. The van der Waals surface area contributed by atoms with E-state index in [2.05, 4.69) is 42.8 Å². The molecule has 1 aromatic carbocycles. The predicted molar refractivity (Wildman–Crippen MR) is 91.9 cm³/mol. The standard InChI is InChI=1S/C18H23N.C2H6/c1-13-7-10-18(11-8-13)12-9-15-14-5-3-4-6-16(14)19(2)17(15)18;1-2/h3-6,13H,7-12H2,1-2H3;1-2H3. The summed E-state index contributed by atoms with van der Waals surface area (Å²) in [6.45, 7) is 6.42. The molecule has 4 rings (SSSR count). The maximum absolute atomic E-state index is 2.51. The third kappa shape index (κ3) is 2.13. The summed E-state index contributed by atoms with van der Waals surface area (Å²) in [6, 6.07) is 8.97. The molecular weight excluding hydrogens is 254 g/mol. The number of hydrogen-bond donors (Lipinski definition) is 0. The normalized spacial score (nSPS) is 27.5. The lowest BCUT2D eigenvalue weighted by molar-refractivity contribution is 0.233. The average molecular weight is 283 g/mol. The van der Waals surface area contributed by atoms with E-state index in [0.29, 0.717) is 5.41 Å². The molecule has 1 saturated carbocycles. The van der Waals surface area contributed by atoms with Crippen molar-refractivity contribution in [3.8, 4) is 0 Å². The lowest BCUT2D eigenvalue weighted by Crippen LogP contribution is -2.30. The Balaban J connectivity index is 0.000000636. The van der Waals surface area contributed by atoms with E-state index in [1.807, 2.05) is 13.8 Å². The molecule has 0 radical (unpaired) electrons. The monoisotopic (exact) mass is 283 g/mol. The number of para-hydroxylation sites is 1. The molecule has 0 unspecified atom stereocenters. The highest BCUT2D eigenvalue weighted by atomic mass is 15.0.